The molecule has 0 fully saturated rings. The molecule has 0 radical (unpaired) electrons. The Morgan fingerprint density at radius 1 is 1.38 bits per heavy atom. The van der Waals surface area contributed by atoms with E-state index in [2.05, 4.69) is 15.3 Å². The van der Waals surface area contributed by atoms with Crippen LogP contribution in [0.5, 0.6) is 0 Å². The Labute approximate surface area is 128 Å². The average molecular weight is 309 g/mol. The maximum Gasteiger partial charge on any atom is 0.239 e. The Morgan fingerprint density at radius 2 is 2.14 bits per heavy atom. The molecular weight excluding hydrogens is 292 g/mol. The minimum atomic E-state index is -0.103. The van der Waals surface area contributed by atoms with Gasteiger partial charge in [0, 0.05) is 26.1 Å². The molecule has 1 aromatic carbocycles. The zero-order chi connectivity index (χ0) is 15.2. The molecule has 0 spiro atoms. The van der Waals surface area contributed by atoms with E-state index in [1.54, 1.807) is 19.1 Å². The van der Waals surface area contributed by atoms with Gasteiger partial charge in [0.15, 0.2) is 0 Å². The van der Waals surface area contributed by atoms with Crippen LogP contribution in [-0.2, 0) is 9.53 Å². The van der Waals surface area contributed by atoms with Crippen LogP contribution in [0.3, 0.4) is 0 Å². The fourth-order valence-corrected chi connectivity index (χ4v) is 2.13. The fourth-order valence-electron chi connectivity index (χ4n) is 1.96. The van der Waals surface area contributed by atoms with Crippen molar-refractivity contribution in [2.24, 2.45) is 0 Å². The summed E-state index contributed by atoms with van der Waals surface area (Å²) in [5, 5.41) is 3.78. The zero-order valence-corrected chi connectivity index (χ0v) is 12.7. The van der Waals surface area contributed by atoms with E-state index >= 15 is 0 Å². The van der Waals surface area contributed by atoms with Gasteiger partial charge in [-0.15, -0.1) is 0 Å². The van der Waals surface area contributed by atoms with Gasteiger partial charge < -0.3 is 15.0 Å². The molecule has 1 amide bonds. The molecule has 112 valence electrons. The topological polar surface area (TPSA) is 67.3 Å². The summed E-state index contributed by atoms with van der Waals surface area (Å²) in [5.74, 6) is 0.529. The number of rotatable bonds is 6. The number of hydrogen-bond donors (Lipinski definition) is 1. The Kier molecular flexibility index (Phi) is 5.30. The maximum absolute atomic E-state index is 11.8. The van der Waals surface area contributed by atoms with Crippen LogP contribution < -0.4 is 10.2 Å². The van der Waals surface area contributed by atoms with Crippen LogP contribution in [-0.4, -0.2) is 49.7 Å². The van der Waals surface area contributed by atoms with Crippen LogP contribution in [0.25, 0.3) is 10.9 Å². The van der Waals surface area contributed by atoms with Crippen molar-refractivity contribution in [3.63, 3.8) is 0 Å². The van der Waals surface area contributed by atoms with Gasteiger partial charge in [0.1, 0.15) is 5.82 Å². The van der Waals surface area contributed by atoms with E-state index in [-0.39, 0.29) is 17.7 Å². The maximum atomic E-state index is 11.8. The normalized spacial score (nSPS) is 10.6. The van der Waals surface area contributed by atoms with Crippen LogP contribution in [0.15, 0.2) is 24.3 Å². The van der Waals surface area contributed by atoms with Gasteiger partial charge in [-0.3, -0.25) is 4.79 Å². The van der Waals surface area contributed by atoms with Crippen molar-refractivity contribution < 1.29 is 9.53 Å². The lowest BCUT2D eigenvalue weighted by molar-refractivity contribution is -0.119. The number of carbonyl (C=O) groups is 1. The molecule has 0 unspecified atom stereocenters. The molecule has 7 heteroatoms. The summed E-state index contributed by atoms with van der Waals surface area (Å²) >= 11 is 5.94. The largest absolute Gasteiger partial charge is 0.383 e. The van der Waals surface area contributed by atoms with Gasteiger partial charge in [-0.2, -0.15) is 4.98 Å². The van der Waals surface area contributed by atoms with Gasteiger partial charge >= 0.3 is 0 Å². The molecule has 0 aliphatic rings. The second-order valence-electron chi connectivity index (χ2n) is 4.53. The highest BCUT2D eigenvalue weighted by Gasteiger charge is 2.13. The molecule has 0 saturated heterocycles. The average Bonchev–Trinajstić information content (AvgIpc) is 2.46. The fraction of sp³-hybridized carbons (Fsp3) is 0.357. The quantitative estimate of drug-likeness (QED) is 0.647. The third kappa shape index (κ3) is 4.03. The predicted octanol–water partition coefficient (Wildman–Crippen LogP) is 1.48. The van der Waals surface area contributed by atoms with E-state index in [1.165, 1.54) is 0 Å². The lowest BCUT2D eigenvalue weighted by Gasteiger charge is -2.19. The zero-order valence-electron chi connectivity index (χ0n) is 12.0. The highest BCUT2D eigenvalue weighted by molar-refractivity contribution is 6.28. The lowest BCUT2D eigenvalue weighted by Crippen LogP contribution is -2.37. The molecule has 0 atom stereocenters. The second kappa shape index (κ2) is 7.19. The number of halogens is 1. The van der Waals surface area contributed by atoms with E-state index in [0.717, 1.165) is 10.9 Å². The number of amides is 1. The highest BCUT2D eigenvalue weighted by Crippen LogP contribution is 2.24. The molecule has 1 N–H and O–H groups in total. The molecular formula is C14H17ClN4O2. The number of nitrogens with zero attached hydrogens (tertiary/aromatic N) is 3. The first-order chi connectivity index (χ1) is 10.1. The van der Waals surface area contributed by atoms with Gasteiger partial charge in [-0.05, 0) is 23.7 Å². The minimum Gasteiger partial charge on any atom is -0.383 e. The minimum absolute atomic E-state index is 0.103. The smallest absolute Gasteiger partial charge is 0.239 e. The predicted molar refractivity (Wildman–Crippen MR) is 82.7 cm³/mol. The molecule has 1 heterocycles. The number of hydrogen-bond acceptors (Lipinski definition) is 5. The van der Waals surface area contributed by atoms with Gasteiger partial charge in [-0.25, -0.2) is 4.98 Å². The summed E-state index contributed by atoms with van der Waals surface area (Å²) in [4.78, 5) is 22.0. The molecule has 6 nitrogen and oxygen atoms in total. The molecule has 0 aliphatic carbocycles. The third-order valence-electron chi connectivity index (χ3n) is 2.93. The molecule has 0 aliphatic heterocycles. The number of carbonyl (C=O) groups excluding carboxylic acids is 1. The van der Waals surface area contributed by atoms with E-state index in [4.69, 9.17) is 16.3 Å². The number of fused-ring (bicyclic) bond motifs is 1. The lowest BCUT2D eigenvalue weighted by atomic mass is 10.2. The Bertz CT molecular complexity index is 635. The SMILES string of the molecule is COCCNC(=O)CN(C)c1nc(Cl)nc2ccccc12. The Balaban J connectivity index is 2.15. The van der Waals surface area contributed by atoms with E-state index in [0.29, 0.717) is 19.0 Å². The number of ether oxygens (including phenoxy) is 1. The Morgan fingerprint density at radius 3 is 2.90 bits per heavy atom. The van der Waals surface area contributed by atoms with Crippen LogP contribution in [0.2, 0.25) is 5.28 Å². The molecule has 1 aromatic heterocycles. The van der Waals surface area contributed by atoms with E-state index in [9.17, 15) is 4.79 Å². The first-order valence-corrected chi connectivity index (χ1v) is 6.88. The van der Waals surface area contributed by atoms with Crippen LogP contribution in [0.4, 0.5) is 5.82 Å². The van der Waals surface area contributed by atoms with Crippen molar-refractivity contribution in [2.45, 2.75) is 0 Å². The number of benzene rings is 1. The van der Waals surface area contributed by atoms with Crippen molar-refractivity contribution in [1.29, 1.82) is 0 Å². The highest BCUT2D eigenvalue weighted by atomic mass is 35.5. The van der Waals surface area contributed by atoms with Crippen molar-refractivity contribution in [1.82, 2.24) is 15.3 Å². The first-order valence-electron chi connectivity index (χ1n) is 6.51. The molecule has 2 rings (SSSR count). The Hall–Kier alpha value is -1.92. The number of aromatic nitrogens is 2. The summed E-state index contributed by atoms with van der Waals surface area (Å²) in [6.45, 7) is 1.15. The second-order valence-corrected chi connectivity index (χ2v) is 4.87. The third-order valence-corrected chi connectivity index (χ3v) is 3.10. The van der Waals surface area contributed by atoms with Crippen molar-refractivity contribution in [3.05, 3.63) is 29.5 Å². The number of methoxy groups -OCH3 is 1. The van der Waals surface area contributed by atoms with Gasteiger partial charge in [0.25, 0.3) is 0 Å². The van der Waals surface area contributed by atoms with Gasteiger partial charge in [-0.1, -0.05) is 12.1 Å². The van der Waals surface area contributed by atoms with Crippen LogP contribution >= 0.6 is 11.6 Å². The molecule has 2 aromatic rings. The summed E-state index contributed by atoms with van der Waals surface area (Å²) in [7, 11) is 3.38. The summed E-state index contributed by atoms with van der Waals surface area (Å²) in [5.41, 5.74) is 0.749. The summed E-state index contributed by atoms with van der Waals surface area (Å²) < 4.78 is 4.89. The van der Waals surface area contributed by atoms with Gasteiger partial charge in [0.05, 0.1) is 18.7 Å². The van der Waals surface area contributed by atoms with E-state index in [1.807, 2.05) is 24.3 Å². The first kappa shape index (κ1) is 15.5. The standard InChI is InChI=1S/C14H17ClN4O2/c1-19(9-12(20)16-7-8-21-2)13-10-5-3-4-6-11(10)17-14(15)18-13/h3-6H,7-9H2,1-2H3,(H,16,20). The monoisotopic (exact) mass is 308 g/mol. The van der Waals surface area contributed by atoms with Crippen LogP contribution in [0, 0.1) is 0 Å². The van der Waals surface area contributed by atoms with Crippen molar-refractivity contribution in [3.8, 4) is 0 Å². The molecule has 21 heavy (non-hydrogen) atoms. The van der Waals surface area contributed by atoms with Crippen molar-refractivity contribution >= 4 is 34.2 Å². The molecule has 0 bridgehead atoms. The van der Waals surface area contributed by atoms with Crippen LogP contribution in [0.1, 0.15) is 0 Å². The summed E-state index contributed by atoms with van der Waals surface area (Å²) in [6.07, 6.45) is 0. The number of para-hydroxylation sites is 1. The van der Waals surface area contributed by atoms with Gasteiger partial charge in [0.2, 0.25) is 11.2 Å². The summed E-state index contributed by atoms with van der Waals surface area (Å²) in [6, 6.07) is 7.54. The van der Waals surface area contributed by atoms with E-state index < -0.39 is 0 Å². The number of anilines is 1. The molecule has 0 saturated carbocycles. The van der Waals surface area contributed by atoms with Crippen molar-refractivity contribution in [2.75, 3.05) is 38.8 Å². The number of likely N-dealkylation sites (N-methyl/N-ethyl adjacent to an activating group) is 1. The number of nitrogens with one attached hydrogen (secondary N) is 1.